The average molecular weight is 362 g/mol. The van der Waals surface area contributed by atoms with Crippen LogP contribution < -0.4 is 10.1 Å². The van der Waals surface area contributed by atoms with Gasteiger partial charge in [-0.3, -0.25) is 9.59 Å². The summed E-state index contributed by atoms with van der Waals surface area (Å²) in [5.41, 5.74) is 1.15. The maximum Gasteiger partial charge on any atom is 0.257 e. The molecule has 2 rings (SSSR count). The maximum absolute atomic E-state index is 12.4. The van der Waals surface area contributed by atoms with Crippen molar-refractivity contribution in [3.05, 3.63) is 52.7 Å². The van der Waals surface area contributed by atoms with Crippen LogP contribution in [0.5, 0.6) is 5.88 Å². The summed E-state index contributed by atoms with van der Waals surface area (Å²) in [6, 6.07) is 7.98. The number of benzene rings is 1. The van der Waals surface area contributed by atoms with Gasteiger partial charge in [-0.2, -0.15) is 0 Å². The molecule has 0 saturated carbocycles. The van der Waals surface area contributed by atoms with Crippen LogP contribution in [-0.2, 0) is 0 Å². The third-order valence-corrected chi connectivity index (χ3v) is 3.55. The number of aromatic nitrogens is 1. The van der Waals surface area contributed by atoms with E-state index in [1.807, 2.05) is 13.8 Å². The molecule has 0 unspecified atom stereocenters. The lowest BCUT2D eigenvalue weighted by Gasteiger charge is -2.13. The number of hydrogen-bond donors (Lipinski definition) is 1. The summed E-state index contributed by atoms with van der Waals surface area (Å²) in [4.78, 5) is 30.0. The highest BCUT2D eigenvalue weighted by Gasteiger charge is 2.14. The summed E-state index contributed by atoms with van der Waals surface area (Å²) in [5, 5.41) is 3.04. The minimum absolute atomic E-state index is 0.00274. The van der Waals surface area contributed by atoms with E-state index >= 15 is 0 Å². The molecule has 1 N–H and O–H groups in total. The molecule has 0 radical (unpaired) electrons. The minimum Gasteiger partial charge on any atom is -0.475 e. The van der Waals surface area contributed by atoms with Gasteiger partial charge in [0, 0.05) is 31.9 Å². The van der Waals surface area contributed by atoms with E-state index < -0.39 is 0 Å². The fraction of sp³-hybridized carbons (Fsp3) is 0.278. The fourth-order valence-corrected chi connectivity index (χ4v) is 2.20. The van der Waals surface area contributed by atoms with Crippen LogP contribution in [0.2, 0.25) is 5.02 Å². The Morgan fingerprint density at radius 1 is 1.16 bits per heavy atom. The molecule has 0 aliphatic rings. The van der Waals surface area contributed by atoms with Crippen molar-refractivity contribution in [3.63, 3.8) is 0 Å². The molecule has 0 spiro atoms. The Hall–Kier alpha value is -2.60. The second kappa shape index (κ2) is 7.98. The summed E-state index contributed by atoms with van der Waals surface area (Å²) >= 11 is 6.12. The molecule has 7 heteroatoms. The molecule has 0 saturated heterocycles. The smallest absolute Gasteiger partial charge is 0.257 e. The maximum atomic E-state index is 12.4. The largest absolute Gasteiger partial charge is 0.475 e. The summed E-state index contributed by atoms with van der Waals surface area (Å²) in [5.74, 6) is -0.105. The van der Waals surface area contributed by atoms with Crippen molar-refractivity contribution in [1.82, 2.24) is 9.88 Å². The van der Waals surface area contributed by atoms with Gasteiger partial charge in [0.15, 0.2) is 0 Å². The van der Waals surface area contributed by atoms with Gasteiger partial charge in [0.2, 0.25) is 5.88 Å². The summed E-state index contributed by atoms with van der Waals surface area (Å²) in [6.45, 7) is 3.79. The number of hydrogen-bond acceptors (Lipinski definition) is 4. The number of carbonyl (C=O) groups is 2. The van der Waals surface area contributed by atoms with E-state index in [0.29, 0.717) is 27.7 Å². The number of amides is 2. The molecule has 0 fully saturated rings. The zero-order chi connectivity index (χ0) is 18.6. The Bertz CT molecular complexity index is 774. The van der Waals surface area contributed by atoms with Crippen molar-refractivity contribution >= 4 is 29.1 Å². The number of nitrogens with zero attached hydrogens (tertiary/aromatic N) is 2. The number of halogens is 1. The lowest BCUT2D eigenvalue weighted by atomic mass is 10.1. The van der Waals surface area contributed by atoms with E-state index in [4.69, 9.17) is 16.3 Å². The number of nitrogens with one attached hydrogen (secondary N) is 1. The van der Waals surface area contributed by atoms with Crippen LogP contribution in [0.15, 0.2) is 36.5 Å². The Balaban J connectivity index is 2.17. The summed E-state index contributed by atoms with van der Waals surface area (Å²) in [7, 11) is 3.31. The molecule has 0 atom stereocenters. The highest BCUT2D eigenvalue weighted by Crippen LogP contribution is 2.24. The van der Waals surface area contributed by atoms with Gasteiger partial charge in [-0.05, 0) is 38.1 Å². The van der Waals surface area contributed by atoms with Gasteiger partial charge >= 0.3 is 0 Å². The molecular formula is C18H20ClN3O3. The Morgan fingerprint density at radius 2 is 1.84 bits per heavy atom. The second-order valence-electron chi connectivity index (χ2n) is 5.90. The average Bonchev–Trinajstić information content (AvgIpc) is 2.56. The first-order valence-corrected chi connectivity index (χ1v) is 8.11. The zero-order valence-electron chi connectivity index (χ0n) is 14.5. The number of anilines is 1. The van der Waals surface area contributed by atoms with Gasteiger partial charge in [-0.1, -0.05) is 11.6 Å². The molecule has 1 aromatic heterocycles. The van der Waals surface area contributed by atoms with Crippen molar-refractivity contribution in [2.75, 3.05) is 19.4 Å². The molecule has 2 aromatic rings. The normalized spacial score (nSPS) is 10.5. The third kappa shape index (κ3) is 4.93. The van der Waals surface area contributed by atoms with Crippen molar-refractivity contribution in [2.24, 2.45) is 0 Å². The molecule has 0 aliphatic heterocycles. The van der Waals surface area contributed by atoms with Crippen molar-refractivity contribution in [3.8, 4) is 5.88 Å². The van der Waals surface area contributed by atoms with Gasteiger partial charge in [0.25, 0.3) is 11.8 Å². The first-order chi connectivity index (χ1) is 11.8. The van der Waals surface area contributed by atoms with Gasteiger partial charge < -0.3 is 15.0 Å². The van der Waals surface area contributed by atoms with Crippen molar-refractivity contribution < 1.29 is 14.3 Å². The molecular weight excluding hydrogens is 342 g/mol. The van der Waals surface area contributed by atoms with Crippen LogP contribution in [0.1, 0.15) is 34.6 Å². The van der Waals surface area contributed by atoms with Gasteiger partial charge in [0.05, 0.1) is 22.4 Å². The minimum atomic E-state index is -0.375. The van der Waals surface area contributed by atoms with E-state index in [2.05, 4.69) is 10.3 Å². The van der Waals surface area contributed by atoms with Crippen LogP contribution in [-0.4, -0.2) is 41.9 Å². The number of pyridine rings is 1. The fourth-order valence-electron chi connectivity index (χ4n) is 2.03. The number of carbonyl (C=O) groups excluding carboxylic acids is 2. The van der Waals surface area contributed by atoms with Crippen LogP contribution in [0.25, 0.3) is 0 Å². The lowest BCUT2D eigenvalue weighted by molar-refractivity contribution is 0.0827. The van der Waals surface area contributed by atoms with Crippen molar-refractivity contribution in [1.29, 1.82) is 0 Å². The monoisotopic (exact) mass is 361 g/mol. The topological polar surface area (TPSA) is 71.5 Å². The van der Waals surface area contributed by atoms with E-state index in [-0.39, 0.29) is 17.9 Å². The van der Waals surface area contributed by atoms with Crippen LogP contribution in [0, 0.1) is 0 Å². The van der Waals surface area contributed by atoms with E-state index in [1.165, 1.54) is 11.1 Å². The van der Waals surface area contributed by atoms with Crippen LogP contribution in [0.3, 0.4) is 0 Å². The molecule has 0 bridgehead atoms. The molecule has 1 aromatic carbocycles. The van der Waals surface area contributed by atoms with E-state index in [0.717, 1.165) is 0 Å². The predicted octanol–water partition coefficient (Wildman–Crippen LogP) is 3.48. The van der Waals surface area contributed by atoms with E-state index in [9.17, 15) is 9.59 Å². The van der Waals surface area contributed by atoms with Gasteiger partial charge in [0.1, 0.15) is 0 Å². The standard InChI is InChI=1S/C18H20ClN3O3/c1-11(2)25-16-8-6-13(10-20-16)17(23)21-15-9-12(5-7-14(15)19)18(24)22(3)4/h5-11H,1-4H3,(H,21,23). The second-order valence-corrected chi connectivity index (χ2v) is 6.31. The summed E-state index contributed by atoms with van der Waals surface area (Å²) < 4.78 is 5.44. The Labute approximate surface area is 151 Å². The molecule has 0 aliphatic carbocycles. The number of ether oxygens (including phenoxy) is 1. The zero-order valence-corrected chi connectivity index (χ0v) is 15.3. The van der Waals surface area contributed by atoms with Gasteiger partial charge in [-0.25, -0.2) is 4.98 Å². The van der Waals surface area contributed by atoms with Crippen LogP contribution >= 0.6 is 11.6 Å². The quantitative estimate of drug-likeness (QED) is 0.885. The van der Waals surface area contributed by atoms with Crippen molar-refractivity contribution in [2.45, 2.75) is 20.0 Å². The first kappa shape index (κ1) is 18.7. The highest BCUT2D eigenvalue weighted by molar-refractivity contribution is 6.34. The number of rotatable bonds is 5. The third-order valence-electron chi connectivity index (χ3n) is 3.22. The van der Waals surface area contributed by atoms with Crippen LogP contribution in [0.4, 0.5) is 5.69 Å². The first-order valence-electron chi connectivity index (χ1n) is 7.73. The Morgan fingerprint density at radius 3 is 2.40 bits per heavy atom. The SMILES string of the molecule is CC(C)Oc1ccc(C(=O)Nc2cc(C(=O)N(C)C)ccc2Cl)cn1. The molecule has 1 heterocycles. The predicted molar refractivity (Wildman–Crippen MR) is 97.4 cm³/mol. The Kier molecular flexibility index (Phi) is 5.98. The molecule has 132 valence electrons. The molecule has 25 heavy (non-hydrogen) atoms. The molecule has 2 amide bonds. The lowest BCUT2D eigenvalue weighted by Crippen LogP contribution is -2.22. The van der Waals surface area contributed by atoms with E-state index in [1.54, 1.807) is 44.4 Å². The van der Waals surface area contributed by atoms with Gasteiger partial charge in [-0.15, -0.1) is 0 Å². The summed E-state index contributed by atoms with van der Waals surface area (Å²) in [6.07, 6.45) is 1.43. The molecule has 6 nitrogen and oxygen atoms in total. The highest BCUT2D eigenvalue weighted by atomic mass is 35.5.